The smallest absolute Gasteiger partial charge is 0.244 e. The van der Waals surface area contributed by atoms with Gasteiger partial charge in [0.15, 0.2) is 0 Å². The minimum atomic E-state index is -3.78. The van der Waals surface area contributed by atoms with Gasteiger partial charge in [0.1, 0.15) is 11.1 Å². The van der Waals surface area contributed by atoms with Crippen LogP contribution in [0.4, 0.5) is 0 Å². The van der Waals surface area contributed by atoms with Gasteiger partial charge in [-0.3, -0.25) is 9.69 Å². The lowest BCUT2D eigenvalue weighted by Crippen LogP contribution is -2.52. The number of piperazine rings is 1. The molecule has 10 heteroatoms. The lowest BCUT2D eigenvalue weighted by Gasteiger charge is -2.35. The van der Waals surface area contributed by atoms with Gasteiger partial charge in [-0.1, -0.05) is 24.3 Å². The molecule has 0 N–H and O–H groups in total. The number of nitrogens with zero attached hydrogens (tertiary/aromatic N) is 5. The molecule has 176 valence electrons. The average Bonchev–Trinajstić information content (AvgIpc) is 3.50. The molecule has 0 radical (unpaired) electrons. The molecule has 3 aromatic rings. The molecule has 34 heavy (non-hydrogen) atoms. The highest BCUT2D eigenvalue weighted by Crippen LogP contribution is 2.36. The standard InChI is InChI=1S/C24H25N5O3S2/c25-16-18-6-1-4-10-22(18)34(31,32)29-14-12-27(13-15-29)23(30)17-28-11-5-8-20(28)24-26-19-7-2-3-9-21(19)33-24/h1-4,6-7,9-10,20H,5,8,11-15,17H2/t20-/m1/s1. The van der Waals surface area contributed by atoms with Crippen molar-refractivity contribution >= 4 is 37.5 Å². The second kappa shape index (κ2) is 9.43. The van der Waals surface area contributed by atoms with Crippen LogP contribution >= 0.6 is 11.3 Å². The number of nitriles is 1. The van der Waals surface area contributed by atoms with Crippen molar-refractivity contribution in [3.05, 3.63) is 59.1 Å². The van der Waals surface area contributed by atoms with Gasteiger partial charge in [-0.15, -0.1) is 11.3 Å². The van der Waals surface area contributed by atoms with Crippen LogP contribution in [-0.2, 0) is 14.8 Å². The number of thiazole rings is 1. The largest absolute Gasteiger partial charge is 0.339 e. The predicted molar refractivity (Wildman–Crippen MR) is 130 cm³/mol. The summed E-state index contributed by atoms with van der Waals surface area (Å²) in [4.78, 5) is 21.9. The highest BCUT2D eigenvalue weighted by atomic mass is 32.2. The second-order valence-corrected chi connectivity index (χ2v) is 11.5. The molecule has 1 atom stereocenters. The normalized spacial score (nSPS) is 20.0. The third-order valence-electron chi connectivity index (χ3n) is 6.51. The Morgan fingerprint density at radius 3 is 2.56 bits per heavy atom. The van der Waals surface area contributed by atoms with E-state index in [-0.39, 0.29) is 35.5 Å². The Kier molecular flexibility index (Phi) is 6.36. The van der Waals surface area contributed by atoms with E-state index < -0.39 is 10.0 Å². The van der Waals surface area contributed by atoms with Gasteiger partial charge < -0.3 is 4.90 Å². The van der Waals surface area contributed by atoms with E-state index in [1.165, 1.54) is 16.4 Å². The number of para-hydroxylation sites is 1. The lowest BCUT2D eigenvalue weighted by atomic mass is 10.2. The molecule has 0 unspecified atom stereocenters. The van der Waals surface area contributed by atoms with Crippen molar-refractivity contribution in [1.82, 2.24) is 19.1 Å². The molecule has 0 bridgehead atoms. The summed E-state index contributed by atoms with van der Waals surface area (Å²) in [5.74, 6) is 0.0162. The first-order chi connectivity index (χ1) is 16.5. The predicted octanol–water partition coefficient (Wildman–Crippen LogP) is 2.84. The molecule has 2 aromatic carbocycles. The molecule has 0 aliphatic carbocycles. The van der Waals surface area contributed by atoms with E-state index in [0.29, 0.717) is 19.6 Å². The summed E-state index contributed by atoms with van der Waals surface area (Å²) in [5.41, 5.74) is 1.13. The fraction of sp³-hybridized carbons (Fsp3) is 0.375. The maximum Gasteiger partial charge on any atom is 0.244 e. The molecule has 3 heterocycles. The maximum absolute atomic E-state index is 13.1. The van der Waals surface area contributed by atoms with Gasteiger partial charge in [0.2, 0.25) is 15.9 Å². The molecule has 2 fully saturated rings. The number of sulfonamides is 1. The number of carbonyl (C=O) groups excluding carboxylic acids is 1. The number of amides is 1. The molecule has 0 spiro atoms. The monoisotopic (exact) mass is 495 g/mol. The molecule has 8 nitrogen and oxygen atoms in total. The van der Waals surface area contributed by atoms with E-state index in [9.17, 15) is 18.5 Å². The van der Waals surface area contributed by atoms with Gasteiger partial charge in [-0.25, -0.2) is 13.4 Å². The van der Waals surface area contributed by atoms with Crippen molar-refractivity contribution in [2.45, 2.75) is 23.8 Å². The van der Waals surface area contributed by atoms with E-state index in [4.69, 9.17) is 4.98 Å². The van der Waals surface area contributed by atoms with Crippen molar-refractivity contribution in [1.29, 1.82) is 5.26 Å². The number of hydrogen-bond donors (Lipinski definition) is 0. The van der Waals surface area contributed by atoms with E-state index in [0.717, 1.165) is 34.6 Å². The van der Waals surface area contributed by atoms with Gasteiger partial charge in [-0.2, -0.15) is 9.57 Å². The molecule has 0 saturated carbocycles. The summed E-state index contributed by atoms with van der Waals surface area (Å²) in [6, 6.07) is 16.4. The minimum Gasteiger partial charge on any atom is -0.339 e. The van der Waals surface area contributed by atoms with Gasteiger partial charge >= 0.3 is 0 Å². The number of aromatic nitrogens is 1. The topological polar surface area (TPSA) is 97.6 Å². The first kappa shape index (κ1) is 22.9. The van der Waals surface area contributed by atoms with Crippen molar-refractivity contribution < 1.29 is 13.2 Å². The Hall–Kier alpha value is -2.84. The number of rotatable bonds is 5. The molecule has 1 aromatic heterocycles. The van der Waals surface area contributed by atoms with E-state index in [1.807, 2.05) is 24.3 Å². The molecule has 2 saturated heterocycles. The van der Waals surface area contributed by atoms with Crippen LogP contribution in [0.5, 0.6) is 0 Å². The van der Waals surface area contributed by atoms with E-state index in [1.54, 1.807) is 28.4 Å². The zero-order valence-corrected chi connectivity index (χ0v) is 20.3. The number of carbonyl (C=O) groups is 1. The summed E-state index contributed by atoms with van der Waals surface area (Å²) in [6.45, 7) is 2.28. The summed E-state index contributed by atoms with van der Waals surface area (Å²) in [5, 5.41) is 10.3. The zero-order valence-electron chi connectivity index (χ0n) is 18.6. The van der Waals surface area contributed by atoms with E-state index in [2.05, 4.69) is 11.0 Å². The Labute approximate surface area is 203 Å². The van der Waals surface area contributed by atoms with Crippen LogP contribution in [0.1, 0.15) is 29.5 Å². The second-order valence-electron chi connectivity index (χ2n) is 8.54. The van der Waals surface area contributed by atoms with Crippen LogP contribution in [-0.4, -0.2) is 72.7 Å². The summed E-state index contributed by atoms with van der Waals surface area (Å²) < 4.78 is 28.6. The van der Waals surface area contributed by atoms with Gasteiger partial charge in [0.25, 0.3) is 0 Å². The SMILES string of the molecule is N#Cc1ccccc1S(=O)(=O)N1CCN(C(=O)CN2CCC[C@@H]2c2nc3ccccc3s2)CC1. The summed E-state index contributed by atoms with van der Waals surface area (Å²) in [7, 11) is -3.78. The van der Waals surface area contributed by atoms with Crippen LogP contribution in [0.3, 0.4) is 0 Å². The van der Waals surface area contributed by atoms with Crippen LogP contribution in [0.2, 0.25) is 0 Å². The summed E-state index contributed by atoms with van der Waals surface area (Å²) in [6.07, 6.45) is 2.01. The highest BCUT2D eigenvalue weighted by molar-refractivity contribution is 7.89. The first-order valence-corrected chi connectivity index (χ1v) is 13.6. The van der Waals surface area contributed by atoms with Gasteiger partial charge in [0, 0.05) is 26.2 Å². The van der Waals surface area contributed by atoms with Crippen LogP contribution in [0, 0.1) is 11.3 Å². The lowest BCUT2D eigenvalue weighted by molar-refractivity contribution is -0.133. The minimum absolute atomic E-state index is 0.0162. The maximum atomic E-state index is 13.1. The number of hydrogen-bond acceptors (Lipinski definition) is 7. The fourth-order valence-corrected chi connectivity index (χ4v) is 7.40. The average molecular weight is 496 g/mol. The molecular weight excluding hydrogens is 470 g/mol. The van der Waals surface area contributed by atoms with Gasteiger partial charge in [-0.05, 0) is 43.7 Å². The fourth-order valence-electron chi connectivity index (χ4n) is 4.70. The quantitative estimate of drug-likeness (QED) is 0.540. The van der Waals surface area contributed by atoms with Crippen molar-refractivity contribution in [2.24, 2.45) is 0 Å². The van der Waals surface area contributed by atoms with Crippen molar-refractivity contribution in [2.75, 3.05) is 39.3 Å². The third-order valence-corrected chi connectivity index (χ3v) is 9.61. The Morgan fingerprint density at radius 1 is 1.06 bits per heavy atom. The molecule has 1 amide bonds. The molecule has 2 aliphatic rings. The Bertz CT molecular complexity index is 1320. The third kappa shape index (κ3) is 4.32. The molecule has 2 aliphatic heterocycles. The molecular formula is C24H25N5O3S2. The number of benzene rings is 2. The Morgan fingerprint density at radius 2 is 1.79 bits per heavy atom. The Balaban J connectivity index is 1.22. The van der Waals surface area contributed by atoms with Gasteiger partial charge in [0.05, 0.1) is 33.3 Å². The van der Waals surface area contributed by atoms with Crippen molar-refractivity contribution in [3.8, 4) is 6.07 Å². The van der Waals surface area contributed by atoms with Crippen LogP contribution in [0.25, 0.3) is 10.2 Å². The number of fused-ring (bicyclic) bond motifs is 1. The summed E-state index contributed by atoms with van der Waals surface area (Å²) >= 11 is 1.69. The highest BCUT2D eigenvalue weighted by Gasteiger charge is 2.34. The van der Waals surface area contributed by atoms with Crippen LogP contribution < -0.4 is 0 Å². The van der Waals surface area contributed by atoms with Crippen molar-refractivity contribution in [3.63, 3.8) is 0 Å². The first-order valence-electron chi connectivity index (χ1n) is 11.3. The van der Waals surface area contributed by atoms with Crippen LogP contribution in [0.15, 0.2) is 53.4 Å². The zero-order chi connectivity index (χ0) is 23.7. The number of likely N-dealkylation sites (tertiary alicyclic amines) is 1. The molecule has 5 rings (SSSR count). The van der Waals surface area contributed by atoms with E-state index >= 15 is 0 Å².